The van der Waals surface area contributed by atoms with Crippen LogP contribution in [0.1, 0.15) is 39.5 Å². The molecule has 2 aliphatic rings. The van der Waals surface area contributed by atoms with Gasteiger partial charge in [-0.25, -0.2) is 0 Å². The summed E-state index contributed by atoms with van der Waals surface area (Å²) in [4.78, 5) is 2.44. The Labute approximate surface area is 106 Å². The SMILES string of the molecule is CCOC1CC(NC(C)C2CCN(C)CC2)C1. The first-order chi connectivity index (χ1) is 8.19. The first kappa shape index (κ1) is 13.3. The summed E-state index contributed by atoms with van der Waals surface area (Å²) in [5.74, 6) is 0.873. The van der Waals surface area contributed by atoms with Crippen molar-refractivity contribution in [3.8, 4) is 0 Å². The van der Waals surface area contributed by atoms with Crippen LogP contribution in [-0.4, -0.2) is 49.8 Å². The number of nitrogens with zero attached hydrogens (tertiary/aromatic N) is 1. The Hall–Kier alpha value is -0.120. The lowest BCUT2D eigenvalue weighted by molar-refractivity contribution is -0.0144. The molecule has 2 rings (SSSR count). The molecule has 3 nitrogen and oxygen atoms in total. The topological polar surface area (TPSA) is 24.5 Å². The number of piperidine rings is 1. The molecule has 0 amide bonds. The van der Waals surface area contributed by atoms with E-state index < -0.39 is 0 Å². The van der Waals surface area contributed by atoms with Gasteiger partial charge in [0.05, 0.1) is 6.10 Å². The van der Waals surface area contributed by atoms with E-state index in [1.165, 1.54) is 38.8 Å². The first-order valence-electron chi connectivity index (χ1n) is 7.25. The zero-order chi connectivity index (χ0) is 12.3. The zero-order valence-corrected chi connectivity index (χ0v) is 11.6. The van der Waals surface area contributed by atoms with Crippen molar-refractivity contribution < 1.29 is 4.74 Å². The summed E-state index contributed by atoms with van der Waals surface area (Å²) < 4.78 is 5.60. The Morgan fingerprint density at radius 3 is 2.53 bits per heavy atom. The van der Waals surface area contributed by atoms with Gasteiger partial charge >= 0.3 is 0 Å². The van der Waals surface area contributed by atoms with E-state index in [9.17, 15) is 0 Å². The molecule has 0 spiro atoms. The van der Waals surface area contributed by atoms with Gasteiger partial charge in [-0.15, -0.1) is 0 Å². The minimum Gasteiger partial charge on any atom is -0.378 e. The number of nitrogens with one attached hydrogen (secondary N) is 1. The Kier molecular flexibility index (Phi) is 4.83. The minimum absolute atomic E-state index is 0.530. The molecule has 17 heavy (non-hydrogen) atoms. The molecule has 100 valence electrons. The Morgan fingerprint density at radius 1 is 1.29 bits per heavy atom. The maximum atomic E-state index is 5.60. The van der Waals surface area contributed by atoms with Crippen LogP contribution in [0, 0.1) is 5.92 Å². The highest BCUT2D eigenvalue weighted by molar-refractivity contribution is 4.89. The van der Waals surface area contributed by atoms with Gasteiger partial charge in [0, 0.05) is 18.7 Å². The van der Waals surface area contributed by atoms with Crippen LogP contribution < -0.4 is 5.32 Å². The summed E-state index contributed by atoms with van der Waals surface area (Å²) in [7, 11) is 2.23. The van der Waals surface area contributed by atoms with Crippen molar-refractivity contribution >= 4 is 0 Å². The van der Waals surface area contributed by atoms with E-state index in [4.69, 9.17) is 4.74 Å². The third-order valence-electron chi connectivity index (χ3n) is 4.47. The zero-order valence-electron chi connectivity index (χ0n) is 11.6. The highest BCUT2D eigenvalue weighted by atomic mass is 16.5. The van der Waals surface area contributed by atoms with Crippen molar-refractivity contribution in [3.05, 3.63) is 0 Å². The number of likely N-dealkylation sites (tertiary alicyclic amines) is 1. The van der Waals surface area contributed by atoms with Crippen molar-refractivity contribution in [3.63, 3.8) is 0 Å². The largest absolute Gasteiger partial charge is 0.378 e. The van der Waals surface area contributed by atoms with E-state index in [0.29, 0.717) is 18.2 Å². The average molecular weight is 240 g/mol. The summed E-state index contributed by atoms with van der Waals surface area (Å²) in [5.41, 5.74) is 0. The molecule has 0 aromatic carbocycles. The predicted molar refractivity (Wildman–Crippen MR) is 71.3 cm³/mol. The molecule has 0 bridgehead atoms. The molecule has 1 saturated carbocycles. The Bertz CT molecular complexity index is 220. The molecular formula is C14H28N2O. The molecule has 1 aliphatic heterocycles. The van der Waals surface area contributed by atoms with Gasteiger partial charge in [-0.05, 0) is 65.6 Å². The second-order valence-corrected chi connectivity index (χ2v) is 5.84. The average Bonchev–Trinajstić information content (AvgIpc) is 2.27. The van der Waals surface area contributed by atoms with E-state index in [2.05, 4.69) is 31.1 Å². The molecule has 0 aromatic heterocycles. The van der Waals surface area contributed by atoms with Crippen LogP contribution in [0.3, 0.4) is 0 Å². The van der Waals surface area contributed by atoms with Gasteiger partial charge in [0.2, 0.25) is 0 Å². The Balaban J connectivity index is 1.63. The number of rotatable bonds is 5. The number of ether oxygens (including phenoxy) is 1. The highest BCUT2D eigenvalue weighted by Gasteiger charge is 2.32. The first-order valence-corrected chi connectivity index (χ1v) is 7.25. The molecule has 1 saturated heterocycles. The van der Waals surface area contributed by atoms with Gasteiger partial charge in [-0.3, -0.25) is 0 Å². The summed E-state index contributed by atoms with van der Waals surface area (Å²) in [6.45, 7) is 7.85. The van der Waals surface area contributed by atoms with E-state index >= 15 is 0 Å². The quantitative estimate of drug-likeness (QED) is 0.794. The summed E-state index contributed by atoms with van der Waals surface area (Å²) in [5, 5.41) is 3.79. The Morgan fingerprint density at radius 2 is 1.94 bits per heavy atom. The summed E-state index contributed by atoms with van der Waals surface area (Å²) in [6, 6.07) is 1.39. The van der Waals surface area contributed by atoms with Crippen molar-refractivity contribution in [1.82, 2.24) is 10.2 Å². The number of hydrogen-bond acceptors (Lipinski definition) is 3. The van der Waals surface area contributed by atoms with Gasteiger partial charge in [-0.2, -0.15) is 0 Å². The van der Waals surface area contributed by atoms with Crippen LogP contribution in [0.4, 0.5) is 0 Å². The van der Waals surface area contributed by atoms with Crippen LogP contribution in [0.2, 0.25) is 0 Å². The molecule has 0 radical (unpaired) electrons. The predicted octanol–water partition coefficient (Wildman–Crippen LogP) is 1.87. The monoisotopic (exact) mass is 240 g/mol. The second-order valence-electron chi connectivity index (χ2n) is 5.84. The van der Waals surface area contributed by atoms with Crippen molar-refractivity contribution in [2.24, 2.45) is 5.92 Å². The second kappa shape index (κ2) is 6.17. The van der Waals surface area contributed by atoms with Crippen LogP contribution >= 0.6 is 0 Å². The lowest BCUT2D eigenvalue weighted by atomic mass is 9.85. The standard InChI is InChI=1S/C14H28N2O/c1-4-17-14-9-13(10-14)15-11(2)12-5-7-16(3)8-6-12/h11-15H,4-10H2,1-3H3. The molecule has 0 aromatic rings. The lowest BCUT2D eigenvalue weighted by Gasteiger charge is -2.40. The fourth-order valence-electron chi connectivity index (χ4n) is 3.11. The maximum absolute atomic E-state index is 5.60. The molecule has 3 heteroatoms. The lowest BCUT2D eigenvalue weighted by Crippen LogP contribution is -2.51. The van der Waals surface area contributed by atoms with Crippen LogP contribution in [0.25, 0.3) is 0 Å². The van der Waals surface area contributed by atoms with Gasteiger partial charge in [0.1, 0.15) is 0 Å². The van der Waals surface area contributed by atoms with Crippen LogP contribution in [0.15, 0.2) is 0 Å². The minimum atomic E-state index is 0.530. The van der Waals surface area contributed by atoms with Gasteiger partial charge < -0.3 is 15.0 Å². The van der Waals surface area contributed by atoms with Gasteiger partial charge in [0.15, 0.2) is 0 Å². The van der Waals surface area contributed by atoms with E-state index in [1.54, 1.807) is 0 Å². The molecule has 1 heterocycles. The third kappa shape index (κ3) is 3.67. The molecule has 1 unspecified atom stereocenters. The fourth-order valence-corrected chi connectivity index (χ4v) is 3.11. The van der Waals surface area contributed by atoms with Gasteiger partial charge in [-0.1, -0.05) is 0 Å². The van der Waals surface area contributed by atoms with Crippen molar-refractivity contribution in [2.45, 2.75) is 57.7 Å². The number of hydrogen-bond donors (Lipinski definition) is 1. The van der Waals surface area contributed by atoms with E-state index in [1.807, 2.05) is 0 Å². The van der Waals surface area contributed by atoms with Crippen LogP contribution in [0.5, 0.6) is 0 Å². The third-order valence-corrected chi connectivity index (χ3v) is 4.47. The maximum Gasteiger partial charge on any atom is 0.0604 e. The highest BCUT2D eigenvalue weighted by Crippen LogP contribution is 2.26. The van der Waals surface area contributed by atoms with E-state index in [0.717, 1.165) is 12.5 Å². The smallest absolute Gasteiger partial charge is 0.0604 e. The molecule has 1 N–H and O–H groups in total. The summed E-state index contributed by atoms with van der Waals surface area (Å²) in [6.07, 6.45) is 5.66. The van der Waals surface area contributed by atoms with Crippen LogP contribution in [-0.2, 0) is 4.74 Å². The molecule has 2 fully saturated rings. The molecule has 1 atom stereocenters. The summed E-state index contributed by atoms with van der Waals surface area (Å²) >= 11 is 0. The van der Waals surface area contributed by atoms with Gasteiger partial charge in [0.25, 0.3) is 0 Å². The molecule has 1 aliphatic carbocycles. The fraction of sp³-hybridized carbons (Fsp3) is 1.00. The molecular weight excluding hydrogens is 212 g/mol. The van der Waals surface area contributed by atoms with Crippen molar-refractivity contribution in [2.75, 3.05) is 26.7 Å². The van der Waals surface area contributed by atoms with Crippen molar-refractivity contribution in [1.29, 1.82) is 0 Å². The van der Waals surface area contributed by atoms with E-state index in [-0.39, 0.29) is 0 Å². The normalized spacial score (nSPS) is 33.4.